The van der Waals surface area contributed by atoms with E-state index in [4.69, 9.17) is 10.5 Å². The van der Waals surface area contributed by atoms with Crippen molar-refractivity contribution in [3.8, 4) is 11.8 Å². The monoisotopic (exact) mass is 449 g/mol. The summed E-state index contributed by atoms with van der Waals surface area (Å²) >= 11 is 3.30. The quantitative estimate of drug-likeness (QED) is 0.476. The summed E-state index contributed by atoms with van der Waals surface area (Å²) < 4.78 is 11.3. The molecule has 2 aromatic rings. The van der Waals surface area contributed by atoms with Crippen molar-refractivity contribution in [1.82, 2.24) is 15.4 Å². The number of halogens is 1. The van der Waals surface area contributed by atoms with Gasteiger partial charge in [-0.1, -0.05) is 15.9 Å². The average molecular weight is 450 g/mol. The first-order valence-corrected chi connectivity index (χ1v) is 8.65. The zero-order valence-corrected chi connectivity index (χ0v) is 16.5. The van der Waals surface area contributed by atoms with E-state index in [-0.39, 0.29) is 34.8 Å². The third kappa shape index (κ3) is 4.24. The summed E-state index contributed by atoms with van der Waals surface area (Å²) in [5, 5.41) is 9.24. The van der Waals surface area contributed by atoms with Gasteiger partial charge in [-0.2, -0.15) is 5.26 Å². The molecule has 0 aliphatic heterocycles. The standard InChI is InChI=1S/C17H16BrN5O5/c1-3-28-17(26)22-21-15(24)11-5-4-10(18)6-12(11)23-8-9(7-19)13(20)14(23)16(25)27-2/h4-6,8H,3,20H2,1-2H3,(H,21,24)(H,22,26). The lowest BCUT2D eigenvalue weighted by Gasteiger charge is -2.14. The number of nitrogens with two attached hydrogens (primary N) is 1. The Morgan fingerprint density at radius 2 is 2.04 bits per heavy atom. The fraction of sp³-hybridized carbons (Fsp3) is 0.176. The zero-order valence-electron chi connectivity index (χ0n) is 14.9. The molecule has 1 aromatic carbocycles. The number of amides is 2. The largest absolute Gasteiger partial charge is 0.464 e. The Bertz CT molecular complexity index is 979. The smallest absolute Gasteiger partial charge is 0.426 e. The molecule has 1 heterocycles. The van der Waals surface area contributed by atoms with Crippen molar-refractivity contribution in [3.63, 3.8) is 0 Å². The SMILES string of the molecule is CCOC(=O)NNC(=O)c1ccc(Br)cc1-n1cc(C#N)c(N)c1C(=O)OC. The van der Waals surface area contributed by atoms with E-state index in [0.717, 1.165) is 0 Å². The Morgan fingerprint density at radius 1 is 1.32 bits per heavy atom. The van der Waals surface area contributed by atoms with Crippen LogP contribution in [0.5, 0.6) is 0 Å². The van der Waals surface area contributed by atoms with Gasteiger partial charge in [-0.15, -0.1) is 0 Å². The Hall–Kier alpha value is -3.52. The van der Waals surface area contributed by atoms with Crippen LogP contribution in [0.25, 0.3) is 5.69 Å². The Labute approximate surface area is 168 Å². The minimum atomic E-state index is -0.832. The van der Waals surface area contributed by atoms with Crippen LogP contribution in [0.15, 0.2) is 28.9 Å². The molecule has 11 heteroatoms. The highest BCUT2D eigenvalue weighted by Gasteiger charge is 2.24. The fourth-order valence-corrected chi connectivity index (χ4v) is 2.69. The maximum absolute atomic E-state index is 12.5. The molecular weight excluding hydrogens is 434 g/mol. The molecule has 2 rings (SSSR count). The number of ether oxygens (including phenoxy) is 2. The summed E-state index contributed by atoms with van der Waals surface area (Å²) in [6, 6.07) is 6.49. The van der Waals surface area contributed by atoms with Crippen LogP contribution in [0, 0.1) is 11.3 Å². The van der Waals surface area contributed by atoms with Gasteiger partial charge in [0.25, 0.3) is 5.91 Å². The number of nitriles is 1. The molecule has 146 valence electrons. The van der Waals surface area contributed by atoms with Crippen LogP contribution in [0.3, 0.4) is 0 Å². The van der Waals surface area contributed by atoms with E-state index in [9.17, 15) is 19.6 Å². The molecular formula is C17H16BrN5O5. The van der Waals surface area contributed by atoms with Gasteiger partial charge in [-0.05, 0) is 25.1 Å². The molecule has 0 aliphatic carbocycles. The first kappa shape index (κ1) is 20.8. The molecule has 0 radical (unpaired) electrons. The number of esters is 1. The summed E-state index contributed by atoms with van der Waals surface area (Å²) in [7, 11) is 1.17. The molecule has 28 heavy (non-hydrogen) atoms. The van der Waals surface area contributed by atoms with E-state index in [1.165, 1.54) is 23.9 Å². The van der Waals surface area contributed by atoms with Gasteiger partial charge in [-0.25, -0.2) is 15.0 Å². The molecule has 1 aromatic heterocycles. The van der Waals surface area contributed by atoms with E-state index < -0.39 is 18.0 Å². The lowest BCUT2D eigenvalue weighted by molar-refractivity contribution is 0.0592. The number of anilines is 1. The topological polar surface area (TPSA) is 148 Å². The predicted molar refractivity (Wildman–Crippen MR) is 102 cm³/mol. The van der Waals surface area contributed by atoms with Crippen molar-refractivity contribution in [2.75, 3.05) is 19.5 Å². The van der Waals surface area contributed by atoms with Gasteiger partial charge >= 0.3 is 12.1 Å². The highest BCUT2D eigenvalue weighted by molar-refractivity contribution is 9.10. The summed E-state index contributed by atoms with van der Waals surface area (Å²) in [4.78, 5) is 36.1. The molecule has 0 unspecified atom stereocenters. The van der Waals surface area contributed by atoms with Crippen LogP contribution in [0.2, 0.25) is 0 Å². The maximum atomic E-state index is 12.5. The second-order valence-corrected chi connectivity index (χ2v) is 6.16. The van der Waals surface area contributed by atoms with Gasteiger partial charge in [-0.3, -0.25) is 10.2 Å². The summed E-state index contributed by atoms with van der Waals surface area (Å²) in [6.45, 7) is 1.75. The first-order chi connectivity index (χ1) is 13.3. The molecule has 0 spiro atoms. The van der Waals surface area contributed by atoms with Gasteiger partial charge < -0.3 is 19.8 Å². The van der Waals surface area contributed by atoms with E-state index in [1.54, 1.807) is 19.1 Å². The first-order valence-electron chi connectivity index (χ1n) is 7.86. The van der Waals surface area contributed by atoms with Crippen LogP contribution >= 0.6 is 15.9 Å². The number of hydrogen-bond donors (Lipinski definition) is 3. The Kier molecular flexibility index (Phi) is 6.62. The van der Waals surface area contributed by atoms with Crippen molar-refractivity contribution in [2.45, 2.75) is 6.92 Å². The molecule has 0 saturated carbocycles. The Morgan fingerprint density at radius 3 is 2.64 bits per heavy atom. The number of hydrogen-bond acceptors (Lipinski definition) is 7. The predicted octanol–water partition coefficient (Wildman–Crippen LogP) is 1.87. The molecule has 10 nitrogen and oxygen atoms in total. The normalized spacial score (nSPS) is 9.93. The number of aromatic nitrogens is 1. The number of benzene rings is 1. The second kappa shape index (κ2) is 8.92. The molecule has 4 N–H and O–H groups in total. The van der Waals surface area contributed by atoms with Crippen molar-refractivity contribution in [3.05, 3.63) is 45.7 Å². The number of carbonyl (C=O) groups excluding carboxylic acids is 3. The van der Waals surface area contributed by atoms with Crippen LogP contribution in [-0.2, 0) is 9.47 Å². The van der Waals surface area contributed by atoms with Gasteiger partial charge in [0, 0.05) is 10.7 Å². The van der Waals surface area contributed by atoms with Crippen molar-refractivity contribution >= 4 is 39.6 Å². The zero-order chi connectivity index (χ0) is 20.8. The summed E-state index contributed by atoms with van der Waals surface area (Å²) in [5.74, 6) is -1.47. The average Bonchev–Trinajstić information content (AvgIpc) is 3.02. The summed E-state index contributed by atoms with van der Waals surface area (Å²) in [5.41, 5.74) is 10.4. The summed E-state index contributed by atoms with van der Waals surface area (Å²) in [6.07, 6.45) is 0.487. The number of carbonyl (C=O) groups is 3. The van der Waals surface area contributed by atoms with Crippen molar-refractivity contribution in [2.24, 2.45) is 0 Å². The number of nitrogens with one attached hydrogen (secondary N) is 2. The number of nitrogens with zero attached hydrogens (tertiary/aromatic N) is 2. The number of nitrogen functional groups attached to an aromatic ring is 1. The highest BCUT2D eigenvalue weighted by Crippen LogP contribution is 2.28. The minimum Gasteiger partial charge on any atom is -0.464 e. The van der Waals surface area contributed by atoms with Gasteiger partial charge in [0.05, 0.1) is 36.2 Å². The molecule has 0 aliphatic rings. The van der Waals surface area contributed by atoms with Crippen molar-refractivity contribution < 1.29 is 23.9 Å². The van der Waals surface area contributed by atoms with Crippen LogP contribution in [-0.4, -0.2) is 36.3 Å². The number of hydrazine groups is 1. The molecule has 0 saturated heterocycles. The van der Waals surface area contributed by atoms with Crippen LogP contribution in [0.4, 0.5) is 10.5 Å². The molecule has 0 atom stereocenters. The van der Waals surface area contributed by atoms with E-state index in [1.807, 2.05) is 6.07 Å². The van der Waals surface area contributed by atoms with E-state index in [0.29, 0.717) is 4.47 Å². The maximum Gasteiger partial charge on any atom is 0.426 e. The second-order valence-electron chi connectivity index (χ2n) is 5.24. The van der Waals surface area contributed by atoms with Crippen LogP contribution < -0.4 is 16.6 Å². The third-order valence-corrected chi connectivity index (χ3v) is 4.05. The highest BCUT2D eigenvalue weighted by atomic mass is 79.9. The molecule has 0 bridgehead atoms. The lowest BCUT2D eigenvalue weighted by Crippen LogP contribution is -2.42. The third-order valence-electron chi connectivity index (χ3n) is 3.56. The van der Waals surface area contributed by atoms with Crippen LogP contribution in [0.1, 0.15) is 33.3 Å². The molecule has 2 amide bonds. The van der Waals surface area contributed by atoms with Crippen molar-refractivity contribution in [1.29, 1.82) is 5.26 Å². The van der Waals surface area contributed by atoms with Gasteiger partial charge in [0.2, 0.25) is 0 Å². The van der Waals surface area contributed by atoms with E-state index >= 15 is 0 Å². The fourth-order valence-electron chi connectivity index (χ4n) is 2.34. The minimum absolute atomic E-state index is 0.0383. The molecule has 0 fully saturated rings. The number of rotatable bonds is 4. The number of methoxy groups -OCH3 is 1. The lowest BCUT2D eigenvalue weighted by atomic mass is 10.1. The Balaban J connectivity index is 2.54. The van der Waals surface area contributed by atoms with Gasteiger partial charge in [0.15, 0.2) is 5.69 Å². The van der Waals surface area contributed by atoms with Gasteiger partial charge in [0.1, 0.15) is 6.07 Å². The van der Waals surface area contributed by atoms with E-state index in [2.05, 4.69) is 31.5 Å².